The molecule has 0 heterocycles. The van der Waals surface area contributed by atoms with Crippen LogP contribution in [0.4, 0.5) is 10.5 Å². The topological polar surface area (TPSA) is 29.5 Å². The van der Waals surface area contributed by atoms with Crippen molar-refractivity contribution in [2.45, 2.75) is 7.43 Å². The number of rotatable bonds is 2. The smallest absolute Gasteiger partial charge is 0.414 e. The van der Waals surface area contributed by atoms with E-state index in [0.29, 0.717) is 10.2 Å². The predicted octanol–water partition coefficient (Wildman–Crippen LogP) is -0.416. The van der Waals surface area contributed by atoms with Gasteiger partial charge in [0, 0.05) is 20.2 Å². The van der Waals surface area contributed by atoms with Gasteiger partial charge in [-0.05, 0) is 12.1 Å². The number of carbonyl (C=O) groups excluding carboxylic acids is 1. The Morgan fingerprint density at radius 2 is 1.78 bits per heavy atom. The molecule has 18 heavy (non-hydrogen) atoms. The Morgan fingerprint density at radius 3 is 2.22 bits per heavy atom. The Hall–Kier alpha value is -1.07. The lowest BCUT2D eigenvalue weighted by atomic mass is 10.2. The summed E-state index contributed by atoms with van der Waals surface area (Å²) >= 11 is 0. The fourth-order valence-electron chi connectivity index (χ4n) is 1.16. The van der Waals surface area contributed by atoms with Crippen molar-refractivity contribution in [2.75, 3.05) is 35.2 Å². The van der Waals surface area contributed by atoms with Crippen molar-refractivity contribution >= 4 is 11.8 Å². The molecule has 0 saturated carbocycles. The lowest BCUT2D eigenvalue weighted by Crippen LogP contribution is -3.00. The minimum absolute atomic E-state index is 0. The zero-order valence-corrected chi connectivity index (χ0v) is 12.5. The molecule has 0 bridgehead atoms. The van der Waals surface area contributed by atoms with E-state index in [1.165, 1.54) is 4.90 Å². The molecule has 0 atom stereocenters. The average molecular weight is 319 g/mol. The zero-order chi connectivity index (χ0) is 12.3. The number of nitrogens with zero attached hydrogens (tertiary/aromatic N) is 2. The molecule has 0 aromatic heterocycles. The summed E-state index contributed by atoms with van der Waals surface area (Å²) in [6, 6.07) is 7.55. The monoisotopic (exact) mass is 318 g/mol. The van der Waals surface area contributed by atoms with Crippen LogP contribution in [0.15, 0.2) is 24.3 Å². The van der Waals surface area contributed by atoms with Gasteiger partial charge in [0.2, 0.25) is 0 Å². The molecule has 0 aliphatic heterocycles. The molecule has 0 spiro atoms. The molecule has 1 aromatic rings. The number of quaternary nitrogens is 1. The number of hydrogen-bond donors (Lipinski definition) is 0. The van der Waals surface area contributed by atoms with Crippen molar-refractivity contribution < 1.29 is 26.5 Å². The second-order valence-corrected chi connectivity index (χ2v) is 4.77. The van der Waals surface area contributed by atoms with Crippen LogP contribution in [0, 0.1) is 0 Å². The SMILES string of the molecule is C.CN(C)C(=O)Oc1cccc([N+](C)(C)C)c1.[Br-]. The average Bonchev–Trinajstić information content (AvgIpc) is 2.16. The molecule has 0 radical (unpaired) electrons. The van der Waals surface area contributed by atoms with Gasteiger partial charge in [-0.1, -0.05) is 13.5 Å². The maximum atomic E-state index is 11.4. The Morgan fingerprint density at radius 1 is 1.22 bits per heavy atom. The normalized spacial score (nSPS) is 9.83. The Labute approximate surface area is 121 Å². The van der Waals surface area contributed by atoms with E-state index in [9.17, 15) is 4.79 Å². The summed E-state index contributed by atoms with van der Waals surface area (Å²) in [6.45, 7) is 0. The fraction of sp³-hybridized carbons (Fsp3) is 0.462. The predicted molar refractivity (Wildman–Crippen MR) is 72.5 cm³/mol. The van der Waals surface area contributed by atoms with Gasteiger partial charge in [-0.3, -0.25) is 4.48 Å². The van der Waals surface area contributed by atoms with Crippen molar-refractivity contribution in [2.24, 2.45) is 0 Å². The number of amides is 1. The highest BCUT2D eigenvalue weighted by atomic mass is 79.9. The van der Waals surface area contributed by atoms with Crippen molar-refractivity contribution in [1.29, 1.82) is 0 Å². The molecule has 5 heteroatoms. The van der Waals surface area contributed by atoms with E-state index < -0.39 is 0 Å². The first-order chi connectivity index (χ1) is 7.30. The number of hydrogen-bond acceptors (Lipinski definition) is 2. The second-order valence-electron chi connectivity index (χ2n) is 4.77. The minimum Gasteiger partial charge on any atom is -1.00 e. The van der Waals surface area contributed by atoms with Gasteiger partial charge in [-0.25, -0.2) is 4.79 Å². The first-order valence-corrected chi connectivity index (χ1v) is 5.12. The third kappa shape index (κ3) is 5.51. The number of benzene rings is 1. The third-order valence-electron chi connectivity index (χ3n) is 2.16. The van der Waals surface area contributed by atoms with Crippen molar-refractivity contribution in [3.63, 3.8) is 0 Å². The third-order valence-corrected chi connectivity index (χ3v) is 2.16. The van der Waals surface area contributed by atoms with Crippen LogP contribution in [0.25, 0.3) is 0 Å². The van der Waals surface area contributed by atoms with Gasteiger partial charge in [0.25, 0.3) is 0 Å². The second kappa shape index (κ2) is 7.38. The van der Waals surface area contributed by atoms with E-state index in [1.807, 2.05) is 18.2 Å². The maximum Gasteiger partial charge on any atom is 0.414 e. The summed E-state index contributed by atoms with van der Waals surface area (Å²) in [5, 5.41) is 0. The highest BCUT2D eigenvalue weighted by Gasteiger charge is 2.14. The first-order valence-electron chi connectivity index (χ1n) is 5.12. The number of carbonyl (C=O) groups is 1. The highest BCUT2D eigenvalue weighted by molar-refractivity contribution is 5.70. The molecular weight excluding hydrogens is 296 g/mol. The Bertz CT molecular complexity index is 387. The minimum atomic E-state index is -0.362. The van der Waals surface area contributed by atoms with Crippen LogP contribution in [-0.4, -0.2) is 46.2 Å². The summed E-state index contributed by atoms with van der Waals surface area (Å²) in [5.41, 5.74) is 1.09. The van der Waals surface area contributed by atoms with Gasteiger partial charge in [0.15, 0.2) is 0 Å². The number of halogens is 1. The van der Waals surface area contributed by atoms with Crippen molar-refractivity contribution in [3.05, 3.63) is 24.3 Å². The summed E-state index contributed by atoms with van der Waals surface area (Å²) in [7, 11) is 9.50. The molecule has 4 nitrogen and oxygen atoms in total. The Kier molecular flexibility index (Phi) is 7.91. The molecule has 0 N–H and O–H groups in total. The van der Waals surface area contributed by atoms with E-state index in [0.717, 1.165) is 5.69 Å². The molecule has 1 amide bonds. The lowest BCUT2D eigenvalue weighted by molar-refractivity contribution is -0.00000912. The van der Waals surface area contributed by atoms with Crippen molar-refractivity contribution in [1.82, 2.24) is 9.38 Å². The first kappa shape index (κ1) is 19.3. The van der Waals surface area contributed by atoms with Gasteiger partial charge < -0.3 is 26.6 Å². The standard InChI is InChI=1S/C12H19N2O2.CH4.BrH/c1-13(2)12(15)16-11-8-6-7-10(9-11)14(3,4)5;;/h6-9H,1-5H3;1H4;1H/q+1;;/p-1. The summed E-state index contributed by atoms with van der Waals surface area (Å²) in [6.07, 6.45) is -0.362. The molecule has 1 rings (SSSR count). The van der Waals surface area contributed by atoms with Crippen LogP contribution in [0.1, 0.15) is 7.43 Å². The number of ether oxygens (including phenoxy) is 1. The van der Waals surface area contributed by atoms with Gasteiger partial charge >= 0.3 is 6.09 Å². The van der Waals surface area contributed by atoms with Gasteiger partial charge in [-0.2, -0.15) is 0 Å². The summed E-state index contributed by atoms with van der Waals surface area (Å²) in [5.74, 6) is 0.573. The van der Waals surface area contributed by atoms with Crippen LogP contribution in [0.2, 0.25) is 0 Å². The molecule has 1 aromatic carbocycles. The van der Waals surface area contributed by atoms with E-state index >= 15 is 0 Å². The van der Waals surface area contributed by atoms with E-state index in [2.05, 4.69) is 21.1 Å². The molecule has 104 valence electrons. The van der Waals surface area contributed by atoms with E-state index in [4.69, 9.17) is 4.74 Å². The highest BCUT2D eigenvalue weighted by Crippen LogP contribution is 2.22. The van der Waals surface area contributed by atoms with Gasteiger partial charge in [-0.15, -0.1) is 0 Å². The lowest BCUT2D eigenvalue weighted by Gasteiger charge is -2.23. The largest absolute Gasteiger partial charge is 1.00 e. The van der Waals surface area contributed by atoms with Crippen LogP contribution < -0.4 is 26.2 Å². The molecule has 0 unspecified atom stereocenters. The van der Waals surface area contributed by atoms with E-state index in [1.54, 1.807) is 20.2 Å². The van der Waals surface area contributed by atoms with Crippen LogP contribution in [-0.2, 0) is 0 Å². The fourth-order valence-corrected chi connectivity index (χ4v) is 1.16. The van der Waals surface area contributed by atoms with Gasteiger partial charge in [0.1, 0.15) is 11.4 Å². The maximum absolute atomic E-state index is 11.4. The molecule has 0 saturated heterocycles. The molecule has 0 aliphatic carbocycles. The molecule has 0 aliphatic rings. The van der Waals surface area contributed by atoms with Gasteiger partial charge in [0.05, 0.1) is 21.1 Å². The zero-order valence-electron chi connectivity index (χ0n) is 10.9. The summed E-state index contributed by atoms with van der Waals surface area (Å²) < 4.78 is 5.88. The molecule has 0 fully saturated rings. The van der Waals surface area contributed by atoms with Crippen LogP contribution in [0.5, 0.6) is 5.75 Å². The van der Waals surface area contributed by atoms with E-state index in [-0.39, 0.29) is 30.5 Å². The molecular formula is C13H23BrN2O2. The van der Waals surface area contributed by atoms with Crippen molar-refractivity contribution in [3.8, 4) is 5.75 Å². The summed E-state index contributed by atoms with van der Waals surface area (Å²) in [4.78, 5) is 12.8. The van der Waals surface area contributed by atoms with Crippen LogP contribution in [0.3, 0.4) is 0 Å². The van der Waals surface area contributed by atoms with Crippen LogP contribution >= 0.6 is 0 Å². The Balaban J connectivity index is 0. The quantitative estimate of drug-likeness (QED) is 0.694.